The van der Waals surface area contributed by atoms with Crippen molar-refractivity contribution < 1.29 is 18.7 Å². The van der Waals surface area contributed by atoms with Crippen molar-refractivity contribution in [3.63, 3.8) is 0 Å². The summed E-state index contributed by atoms with van der Waals surface area (Å²) in [4.78, 5) is 23.7. The number of benzene rings is 1. The van der Waals surface area contributed by atoms with Crippen LogP contribution in [0.5, 0.6) is 5.75 Å². The summed E-state index contributed by atoms with van der Waals surface area (Å²) in [5.74, 6) is 0.475. The van der Waals surface area contributed by atoms with E-state index in [1.165, 1.54) is 12.3 Å². The van der Waals surface area contributed by atoms with E-state index in [0.717, 1.165) is 6.42 Å². The summed E-state index contributed by atoms with van der Waals surface area (Å²) in [5, 5.41) is 0. The van der Waals surface area contributed by atoms with E-state index in [1.807, 2.05) is 6.07 Å². The second-order valence-corrected chi connectivity index (χ2v) is 5.55. The number of carbonyl (C=O) groups excluding carboxylic acids is 1. The van der Waals surface area contributed by atoms with E-state index < -0.39 is 5.97 Å². The number of hydrogen-bond acceptors (Lipinski definition) is 5. The van der Waals surface area contributed by atoms with Crippen molar-refractivity contribution in [1.82, 2.24) is 0 Å². The quantitative estimate of drug-likeness (QED) is 0.732. The van der Waals surface area contributed by atoms with Gasteiger partial charge in [0.1, 0.15) is 18.6 Å². The lowest BCUT2D eigenvalue weighted by Crippen LogP contribution is -2.11. The molecule has 122 valence electrons. The molecule has 2 rings (SSSR count). The fourth-order valence-electron chi connectivity index (χ4n) is 1.82. The molecule has 0 spiro atoms. The first-order chi connectivity index (χ1) is 11.1. The minimum Gasteiger partial charge on any atom is -0.487 e. The SMILES string of the molecule is CC(C)CCOc1coc(COC(=O)c2ccccc2)cc1=O. The third-order valence-electron chi connectivity index (χ3n) is 3.16. The van der Waals surface area contributed by atoms with Gasteiger partial charge in [-0.15, -0.1) is 0 Å². The minimum atomic E-state index is -0.467. The minimum absolute atomic E-state index is 0.102. The van der Waals surface area contributed by atoms with Crippen LogP contribution in [0.3, 0.4) is 0 Å². The molecule has 1 heterocycles. The Morgan fingerprint density at radius 1 is 1.22 bits per heavy atom. The molecule has 0 fully saturated rings. The highest BCUT2D eigenvalue weighted by Crippen LogP contribution is 2.10. The van der Waals surface area contributed by atoms with Gasteiger partial charge in [0.15, 0.2) is 0 Å². The molecular weight excluding hydrogens is 296 g/mol. The van der Waals surface area contributed by atoms with Gasteiger partial charge in [0.2, 0.25) is 11.2 Å². The predicted octanol–water partition coefficient (Wildman–Crippen LogP) is 3.42. The molecule has 5 heteroatoms. The maximum absolute atomic E-state index is 11.9. The summed E-state index contributed by atoms with van der Waals surface area (Å²) in [5.41, 5.74) is 0.161. The van der Waals surface area contributed by atoms with Crippen LogP contribution in [0.15, 0.2) is 51.9 Å². The smallest absolute Gasteiger partial charge is 0.338 e. The molecule has 23 heavy (non-hydrogen) atoms. The highest BCUT2D eigenvalue weighted by molar-refractivity contribution is 5.89. The normalized spacial score (nSPS) is 10.6. The molecule has 0 unspecified atom stereocenters. The van der Waals surface area contributed by atoms with Gasteiger partial charge in [-0.25, -0.2) is 4.79 Å². The molecule has 0 saturated carbocycles. The number of rotatable bonds is 7. The highest BCUT2D eigenvalue weighted by atomic mass is 16.5. The van der Waals surface area contributed by atoms with E-state index in [0.29, 0.717) is 18.1 Å². The van der Waals surface area contributed by atoms with E-state index in [4.69, 9.17) is 13.9 Å². The molecule has 0 amide bonds. The predicted molar refractivity (Wildman–Crippen MR) is 85.5 cm³/mol. The van der Waals surface area contributed by atoms with Crippen LogP contribution >= 0.6 is 0 Å². The summed E-state index contributed by atoms with van der Waals surface area (Å²) in [7, 11) is 0. The topological polar surface area (TPSA) is 65.7 Å². The first kappa shape index (κ1) is 16.8. The standard InChI is InChI=1S/C18H20O5/c1-13(2)8-9-21-17-12-22-15(10-16(17)19)11-23-18(20)14-6-4-3-5-7-14/h3-7,10,12-13H,8-9,11H2,1-2H3. The van der Waals surface area contributed by atoms with Crippen LogP contribution in [0.4, 0.5) is 0 Å². The first-order valence-corrected chi connectivity index (χ1v) is 7.53. The average molecular weight is 316 g/mol. The van der Waals surface area contributed by atoms with Gasteiger partial charge in [-0.3, -0.25) is 4.79 Å². The Hall–Kier alpha value is -2.56. The van der Waals surface area contributed by atoms with Crippen molar-refractivity contribution >= 4 is 5.97 Å². The van der Waals surface area contributed by atoms with Gasteiger partial charge < -0.3 is 13.9 Å². The third kappa shape index (κ3) is 5.29. The molecule has 0 saturated heterocycles. The first-order valence-electron chi connectivity index (χ1n) is 7.53. The Morgan fingerprint density at radius 3 is 2.61 bits per heavy atom. The Morgan fingerprint density at radius 2 is 1.96 bits per heavy atom. The van der Waals surface area contributed by atoms with Crippen molar-refractivity contribution in [2.75, 3.05) is 6.61 Å². The highest BCUT2D eigenvalue weighted by Gasteiger charge is 2.09. The summed E-state index contributed by atoms with van der Waals surface area (Å²) >= 11 is 0. The van der Waals surface area contributed by atoms with Gasteiger partial charge in [-0.2, -0.15) is 0 Å². The summed E-state index contributed by atoms with van der Waals surface area (Å²) < 4.78 is 15.8. The summed E-state index contributed by atoms with van der Waals surface area (Å²) in [6, 6.07) is 9.91. The molecule has 0 radical (unpaired) electrons. The number of ether oxygens (including phenoxy) is 2. The zero-order valence-corrected chi connectivity index (χ0v) is 13.3. The molecule has 0 bridgehead atoms. The van der Waals surface area contributed by atoms with Crippen molar-refractivity contribution in [1.29, 1.82) is 0 Å². The van der Waals surface area contributed by atoms with Gasteiger partial charge >= 0.3 is 5.97 Å². The van der Waals surface area contributed by atoms with Crippen LogP contribution in [0, 0.1) is 5.92 Å². The van der Waals surface area contributed by atoms with E-state index in [1.54, 1.807) is 24.3 Å². The molecule has 1 aromatic carbocycles. The summed E-state index contributed by atoms with van der Waals surface area (Å²) in [6.07, 6.45) is 2.12. The zero-order chi connectivity index (χ0) is 16.7. The molecule has 0 N–H and O–H groups in total. The van der Waals surface area contributed by atoms with Gasteiger partial charge in [0, 0.05) is 6.07 Å². The largest absolute Gasteiger partial charge is 0.487 e. The average Bonchev–Trinajstić information content (AvgIpc) is 2.55. The second kappa shape index (κ2) is 8.17. The maximum atomic E-state index is 11.9. The fraction of sp³-hybridized carbons (Fsp3) is 0.333. The van der Waals surface area contributed by atoms with Crippen LogP contribution in [0.2, 0.25) is 0 Å². The molecule has 2 aromatic rings. The van der Waals surface area contributed by atoms with E-state index in [9.17, 15) is 9.59 Å². The van der Waals surface area contributed by atoms with Crippen LogP contribution in [0.25, 0.3) is 0 Å². The van der Waals surface area contributed by atoms with Crippen LogP contribution in [-0.4, -0.2) is 12.6 Å². The van der Waals surface area contributed by atoms with Crippen molar-refractivity contribution in [2.45, 2.75) is 26.9 Å². The van der Waals surface area contributed by atoms with Crippen molar-refractivity contribution in [2.24, 2.45) is 5.92 Å². The Kier molecular flexibility index (Phi) is 5.97. The summed E-state index contributed by atoms with van der Waals surface area (Å²) in [6.45, 7) is 4.52. The van der Waals surface area contributed by atoms with Crippen LogP contribution in [-0.2, 0) is 11.3 Å². The maximum Gasteiger partial charge on any atom is 0.338 e. The number of esters is 1. The van der Waals surface area contributed by atoms with Gasteiger partial charge in [-0.1, -0.05) is 32.0 Å². The number of carbonyl (C=O) groups is 1. The molecule has 1 aromatic heterocycles. The van der Waals surface area contributed by atoms with Gasteiger partial charge in [0.25, 0.3) is 0 Å². The lowest BCUT2D eigenvalue weighted by molar-refractivity contribution is 0.0442. The van der Waals surface area contributed by atoms with Crippen molar-refractivity contribution in [3.05, 3.63) is 64.2 Å². The fourth-order valence-corrected chi connectivity index (χ4v) is 1.82. The lowest BCUT2D eigenvalue weighted by Gasteiger charge is -2.08. The zero-order valence-electron chi connectivity index (χ0n) is 13.3. The van der Waals surface area contributed by atoms with E-state index in [2.05, 4.69) is 13.8 Å². The molecule has 5 nitrogen and oxygen atoms in total. The van der Waals surface area contributed by atoms with E-state index in [-0.39, 0.29) is 23.5 Å². The Balaban J connectivity index is 1.90. The molecule has 0 atom stereocenters. The van der Waals surface area contributed by atoms with Gasteiger partial charge in [-0.05, 0) is 24.5 Å². The van der Waals surface area contributed by atoms with Crippen molar-refractivity contribution in [3.8, 4) is 5.75 Å². The monoisotopic (exact) mass is 316 g/mol. The molecule has 0 aliphatic carbocycles. The van der Waals surface area contributed by atoms with E-state index >= 15 is 0 Å². The van der Waals surface area contributed by atoms with Crippen LogP contribution in [0.1, 0.15) is 36.4 Å². The lowest BCUT2D eigenvalue weighted by atomic mass is 10.1. The number of hydrogen-bond donors (Lipinski definition) is 0. The molecule has 0 aliphatic heterocycles. The van der Waals surface area contributed by atoms with Gasteiger partial charge in [0.05, 0.1) is 12.2 Å². The molecule has 0 aliphatic rings. The molecular formula is C18H20O5. The van der Waals surface area contributed by atoms with Crippen LogP contribution < -0.4 is 10.2 Å². The third-order valence-corrected chi connectivity index (χ3v) is 3.16. The Labute approximate surface area is 134 Å². The Bertz CT molecular complexity index is 688. The second-order valence-electron chi connectivity index (χ2n) is 5.55.